The van der Waals surface area contributed by atoms with Crippen LogP contribution in [0.3, 0.4) is 0 Å². The summed E-state index contributed by atoms with van der Waals surface area (Å²) in [6.07, 6.45) is 1.90. The number of likely N-dealkylation sites (N-methyl/N-ethyl adjacent to an activating group) is 1. The molecule has 134 valence electrons. The van der Waals surface area contributed by atoms with E-state index in [0.29, 0.717) is 17.7 Å². The fourth-order valence-electron chi connectivity index (χ4n) is 2.61. The summed E-state index contributed by atoms with van der Waals surface area (Å²) in [5.41, 5.74) is 1.08. The Labute approximate surface area is 146 Å². The molecule has 0 unspecified atom stereocenters. The first kappa shape index (κ1) is 18.6. The predicted octanol–water partition coefficient (Wildman–Crippen LogP) is 2.21. The molecule has 2 amide bonds. The van der Waals surface area contributed by atoms with Crippen LogP contribution in [-0.4, -0.2) is 34.7 Å². The van der Waals surface area contributed by atoms with Gasteiger partial charge in [0.15, 0.2) is 0 Å². The van der Waals surface area contributed by atoms with Gasteiger partial charge in [-0.15, -0.1) is 0 Å². The third kappa shape index (κ3) is 4.23. The second-order valence-corrected chi connectivity index (χ2v) is 6.28. The summed E-state index contributed by atoms with van der Waals surface area (Å²) in [5, 5.41) is 9.41. The highest BCUT2D eigenvalue weighted by Crippen LogP contribution is 2.17. The smallest absolute Gasteiger partial charge is 0.255 e. The molecule has 0 bridgehead atoms. The number of aromatic nitrogens is 2. The second kappa shape index (κ2) is 7.92. The molecule has 0 saturated heterocycles. The SMILES string of the molecule is CNC(=O)[C@H](CC(C)C)NC(=O)c1cnn(-c2ccccc2F)c1C. The van der Waals surface area contributed by atoms with Crippen molar-refractivity contribution in [2.75, 3.05) is 7.05 Å². The molecular weight excluding hydrogens is 323 g/mol. The molecule has 0 fully saturated rings. The van der Waals surface area contributed by atoms with Crippen molar-refractivity contribution in [2.24, 2.45) is 5.92 Å². The van der Waals surface area contributed by atoms with E-state index in [1.54, 1.807) is 25.1 Å². The van der Waals surface area contributed by atoms with Crippen molar-refractivity contribution < 1.29 is 14.0 Å². The van der Waals surface area contributed by atoms with Crippen LogP contribution in [0.15, 0.2) is 30.5 Å². The number of para-hydroxylation sites is 1. The number of hydrogen-bond acceptors (Lipinski definition) is 3. The normalized spacial score (nSPS) is 12.1. The Bertz CT molecular complexity index is 770. The molecule has 25 heavy (non-hydrogen) atoms. The van der Waals surface area contributed by atoms with E-state index >= 15 is 0 Å². The van der Waals surface area contributed by atoms with E-state index < -0.39 is 17.8 Å². The first-order valence-electron chi connectivity index (χ1n) is 8.17. The van der Waals surface area contributed by atoms with Crippen LogP contribution in [0.4, 0.5) is 4.39 Å². The van der Waals surface area contributed by atoms with Gasteiger partial charge in [-0.25, -0.2) is 9.07 Å². The van der Waals surface area contributed by atoms with Gasteiger partial charge in [0.25, 0.3) is 5.91 Å². The standard InChI is InChI=1S/C18H23FN4O2/c1-11(2)9-15(18(25)20-4)22-17(24)13-10-21-23(12(13)3)16-8-6-5-7-14(16)19/h5-8,10-11,15H,9H2,1-4H3,(H,20,25)(H,22,24)/t15-/m0/s1. The number of benzene rings is 1. The van der Waals surface area contributed by atoms with E-state index in [-0.39, 0.29) is 17.5 Å². The number of nitrogens with one attached hydrogen (secondary N) is 2. The maximum atomic E-state index is 14.0. The molecule has 2 aromatic rings. The van der Waals surface area contributed by atoms with Crippen molar-refractivity contribution in [3.05, 3.63) is 47.5 Å². The van der Waals surface area contributed by atoms with Crippen molar-refractivity contribution in [1.29, 1.82) is 0 Å². The number of amides is 2. The van der Waals surface area contributed by atoms with E-state index in [1.807, 2.05) is 13.8 Å². The van der Waals surface area contributed by atoms with E-state index in [2.05, 4.69) is 15.7 Å². The molecule has 0 aliphatic heterocycles. The number of hydrogen-bond donors (Lipinski definition) is 2. The molecule has 0 aliphatic rings. The van der Waals surface area contributed by atoms with Crippen molar-refractivity contribution in [3.63, 3.8) is 0 Å². The van der Waals surface area contributed by atoms with Gasteiger partial charge in [-0.05, 0) is 31.4 Å². The molecule has 1 aromatic carbocycles. The maximum Gasteiger partial charge on any atom is 0.255 e. The first-order valence-corrected chi connectivity index (χ1v) is 8.17. The van der Waals surface area contributed by atoms with Gasteiger partial charge < -0.3 is 10.6 Å². The second-order valence-electron chi connectivity index (χ2n) is 6.28. The lowest BCUT2D eigenvalue weighted by Crippen LogP contribution is -2.46. The Hall–Kier alpha value is -2.70. The van der Waals surface area contributed by atoms with E-state index in [0.717, 1.165) is 0 Å². The number of nitrogens with zero attached hydrogens (tertiary/aromatic N) is 2. The van der Waals surface area contributed by atoms with Gasteiger partial charge >= 0.3 is 0 Å². The Kier molecular flexibility index (Phi) is 5.90. The lowest BCUT2D eigenvalue weighted by Gasteiger charge is -2.19. The van der Waals surface area contributed by atoms with Crippen LogP contribution in [0.5, 0.6) is 0 Å². The number of halogens is 1. The highest BCUT2D eigenvalue weighted by Gasteiger charge is 2.24. The van der Waals surface area contributed by atoms with Gasteiger partial charge in [0.1, 0.15) is 17.5 Å². The molecular formula is C18H23FN4O2. The van der Waals surface area contributed by atoms with Gasteiger partial charge in [-0.3, -0.25) is 9.59 Å². The highest BCUT2D eigenvalue weighted by atomic mass is 19.1. The van der Waals surface area contributed by atoms with Crippen LogP contribution in [0.1, 0.15) is 36.3 Å². The summed E-state index contributed by atoms with van der Waals surface area (Å²) in [7, 11) is 1.53. The van der Waals surface area contributed by atoms with Crippen LogP contribution in [0.25, 0.3) is 5.69 Å². The molecule has 2 N–H and O–H groups in total. The van der Waals surface area contributed by atoms with Gasteiger partial charge in [-0.2, -0.15) is 5.10 Å². The zero-order chi connectivity index (χ0) is 18.6. The van der Waals surface area contributed by atoms with Crippen LogP contribution < -0.4 is 10.6 Å². The Balaban J connectivity index is 2.25. The monoisotopic (exact) mass is 346 g/mol. The molecule has 7 heteroatoms. The highest BCUT2D eigenvalue weighted by molar-refractivity contribution is 5.98. The van der Waals surface area contributed by atoms with E-state index in [1.165, 1.54) is 24.0 Å². The predicted molar refractivity (Wildman–Crippen MR) is 93.0 cm³/mol. The molecule has 1 atom stereocenters. The molecule has 6 nitrogen and oxygen atoms in total. The molecule has 1 heterocycles. The number of carbonyl (C=O) groups excluding carboxylic acids is 2. The van der Waals surface area contributed by atoms with Crippen molar-refractivity contribution in [1.82, 2.24) is 20.4 Å². The first-order chi connectivity index (χ1) is 11.8. The van der Waals surface area contributed by atoms with Gasteiger partial charge in [0, 0.05) is 7.05 Å². The summed E-state index contributed by atoms with van der Waals surface area (Å²) >= 11 is 0. The molecule has 0 radical (unpaired) electrons. The van der Waals surface area contributed by atoms with Crippen molar-refractivity contribution in [3.8, 4) is 5.69 Å². The fraction of sp³-hybridized carbons (Fsp3) is 0.389. The van der Waals surface area contributed by atoms with Gasteiger partial charge in [0.05, 0.1) is 17.5 Å². The topological polar surface area (TPSA) is 76.0 Å². The molecule has 0 spiro atoms. The molecule has 1 aromatic heterocycles. The van der Waals surface area contributed by atoms with Gasteiger partial charge in [0.2, 0.25) is 5.91 Å². The van der Waals surface area contributed by atoms with Crippen molar-refractivity contribution in [2.45, 2.75) is 33.2 Å². The van der Waals surface area contributed by atoms with Crippen LogP contribution in [0, 0.1) is 18.7 Å². The molecule has 0 saturated carbocycles. The minimum atomic E-state index is -0.631. The summed E-state index contributed by atoms with van der Waals surface area (Å²) in [6, 6.07) is 5.58. The Morgan fingerprint density at radius 1 is 1.28 bits per heavy atom. The summed E-state index contributed by atoms with van der Waals surface area (Å²) < 4.78 is 15.3. The largest absolute Gasteiger partial charge is 0.357 e. The lowest BCUT2D eigenvalue weighted by molar-refractivity contribution is -0.122. The van der Waals surface area contributed by atoms with Crippen molar-refractivity contribution >= 4 is 11.8 Å². The van der Waals surface area contributed by atoms with E-state index in [4.69, 9.17) is 0 Å². The van der Waals surface area contributed by atoms with Crippen LogP contribution in [0.2, 0.25) is 0 Å². The summed E-state index contributed by atoms with van der Waals surface area (Å²) in [5.74, 6) is -0.843. The quantitative estimate of drug-likeness (QED) is 0.842. The summed E-state index contributed by atoms with van der Waals surface area (Å²) in [6.45, 7) is 5.64. The lowest BCUT2D eigenvalue weighted by atomic mass is 10.0. The average molecular weight is 346 g/mol. The number of carbonyl (C=O) groups is 2. The third-order valence-electron chi connectivity index (χ3n) is 3.91. The van der Waals surface area contributed by atoms with Crippen LogP contribution in [-0.2, 0) is 4.79 Å². The average Bonchev–Trinajstić information content (AvgIpc) is 2.95. The number of rotatable bonds is 6. The van der Waals surface area contributed by atoms with E-state index in [9.17, 15) is 14.0 Å². The molecule has 2 rings (SSSR count). The molecule has 0 aliphatic carbocycles. The summed E-state index contributed by atoms with van der Waals surface area (Å²) in [4.78, 5) is 24.5. The maximum absolute atomic E-state index is 14.0. The minimum absolute atomic E-state index is 0.241. The zero-order valence-corrected chi connectivity index (χ0v) is 14.8. The van der Waals surface area contributed by atoms with Crippen LogP contribution >= 0.6 is 0 Å². The minimum Gasteiger partial charge on any atom is -0.357 e. The van der Waals surface area contributed by atoms with Gasteiger partial charge in [-0.1, -0.05) is 26.0 Å². The zero-order valence-electron chi connectivity index (χ0n) is 14.8. The Morgan fingerprint density at radius 2 is 1.96 bits per heavy atom. The fourth-order valence-corrected chi connectivity index (χ4v) is 2.61. The Morgan fingerprint density at radius 3 is 2.56 bits per heavy atom. The third-order valence-corrected chi connectivity index (χ3v) is 3.91.